The molecule has 10 rings (SSSR count). The zero-order valence-electron chi connectivity index (χ0n) is 23.3. The van der Waals surface area contributed by atoms with Crippen LogP contribution in [0.3, 0.4) is 0 Å². The van der Waals surface area contributed by atoms with Gasteiger partial charge in [0.25, 0.3) is 0 Å². The summed E-state index contributed by atoms with van der Waals surface area (Å²) >= 11 is 0. The van der Waals surface area contributed by atoms with E-state index in [0.717, 1.165) is 35.5 Å². The Balaban J connectivity index is 1.08. The highest BCUT2D eigenvalue weighted by atomic mass is 15.0. The lowest BCUT2D eigenvalue weighted by molar-refractivity contribution is -0.0562. The summed E-state index contributed by atoms with van der Waals surface area (Å²) in [5.74, 6) is 6.07. The zero-order valence-corrected chi connectivity index (χ0v) is 23.3. The van der Waals surface area contributed by atoms with Crippen molar-refractivity contribution in [2.45, 2.75) is 89.1 Å². The third-order valence-corrected chi connectivity index (χ3v) is 12.4. The quantitative estimate of drug-likeness (QED) is 0.358. The van der Waals surface area contributed by atoms with E-state index < -0.39 is 0 Å². The van der Waals surface area contributed by atoms with Crippen LogP contribution in [0.25, 0.3) is 0 Å². The molecule has 8 aliphatic carbocycles. The monoisotopic (exact) mass is 508 g/mol. The van der Waals surface area contributed by atoms with E-state index in [1.165, 1.54) is 101 Å². The van der Waals surface area contributed by atoms with Crippen LogP contribution in [0.15, 0.2) is 60.7 Å². The van der Waals surface area contributed by atoms with E-state index in [0.29, 0.717) is 22.9 Å². The predicted molar refractivity (Wildman–Crippen MR) is 156 cm³/mol. The topological polar surface area (TPSA) is 24.1 Å². The van der Waals surface area contributed by atoms with Crippen LogP contribution >= 0.6 is 0 Å². The molecule has 0 aliphatic heterocycles. The van der Waals surface area contributed by atoms with Crippen molar-refractivity contribution in [2.24, 2.45) is 46.3 Å². The van der Waals surface area contributed by atoms with Crippen molar-refractivity contribution in [3.8, 4) is 0 Å². The van der Waals surface area contributed by atoms with Gasteiger partial charge in [0.15, 0.2) is 0 Å². The van der Waals surface area contributed by atoms with Crippen LogP contribution in [0.1, 0.15) is 100 Å². The van der Waals surface area contributed by atoms with Gasteiger partial charge in [-0.2, -0.15) is 0 Å². The van der Waals surface area contributed by atoms with E-state index in [2.05, 4.69) is 71.3 Å². The molecule has 0 unspecified atom stereocenters. The molecule has 0 saturated heterocycles. The van der Waals surface area contributed by atoms with Gasteiger partial charge in [-0.15, -0.1) is 0 Å². The van der Waals surface area contributed by atoms with Crippen LogP contribution in [0.2, 0.25) is 0 Å². The molecule has 2 atom stereocenters. The summed E-state index contributed by atoms with van der Waals surface area (Å²) in [7, 11) is 0. The molecule has 2 aromatic rings. The van der Waals surface area contributed by atoms with Gasteiger partial charge in [0.1, 0.15) is 0 Å². The maximum atomic E-state index is 4.29. The Labute approximate surface area is 230 Å². The first-order valence-electron chi connectivity index (χ1n) is 16.2. The van der Waals surface area contributed by atoms with Crippen molar-refractivity contribution >= 4 is 0 Å². The van der Waals surface area contributed by atoms with Gasteiger partial charge in [-0.25, -0.2) is 0 Å². The molecule has 8 saturated carbocycles. The number of rotatable bonds is 9. The summed E-state index contributed by atoms with van der Waals surface area (Å²) in [6.07, 6.45) is 18.0. The van der Waals surface area contributed by atoms with Crippen molar-refractivity contribution in [2.75, 3.05) is 13.1 Å². The van der Waals surface area contributed by atoms with E-state index >= 15 is 0 Å². The third-order valence-electron chi connectivity index (χ3n) is 12.4. The van der Waals surface area contributed by atoms with Crippen LogP contribution in [0.4, 0.5) is 0 Å². The van der Waals surface area contributed by atoms with Crippen molar-refractivity contribution in [3.63, 3.8) is 0 Å². The van der Waals surface area contributed by atoms with Gasteiger partial charge in [0.05, 0.1) is 12.1 Å². The van der Waals surface area contributed by atoms with Gasteiger partial charge < -0.3 is 10.6 Å². The number of benzene rings is 2. The van der Waals surface area contributed by atoms with Gasteiger partial charge in [0.2, 0.25) is 0 Å². The number of hydrogen-bond donors (Lipinski definition) is 2. The fraction of sp³-hybridized carbons (Fsp3) is 0.667. The van der Waals surface area contributed by atoms with Crippen molar-refractivity contribution in [3.05, 3.63) is 71.8 Å². The van der Waals surface area contributed by atoms with Gasteiger partial charge in [0, 0.05) is 13.1 Å². The Morgan fingerprint density at radius 3 is 1.05 bits per heavy atom. The van der Waals surface area contributed by atoms with Crippen molar-refractivity contribution in [1.29, 1.82) is 0 Å². The smallest absolute Gasteiger partial charge is 0.0518 e. The van der Waals surface area contributed by atoms with E-state index in [9.17, 15) is 0 Å². The average molecular weight is 509 g/mol. The molecule has 8 bridgehead atoms. The molecule has 0 aromatic heterocycles. The first kappa shape index (κ1) is 24.2. The maximum Gasteiger partial charge on any atom is 0.0518 e. The molecule has 38 heavy (non-hydrogen) atoms. The summed E-state index contributed by atoms with van der Waals surface area (Å²) in [4.78, 5) is 0. The van der Waals surface area contributed by atoms with Gasteiger partial charge >= 0.3 is 0 Å². The second kappa shape index (κ2) is 9.48. The number of nitrogens with one attached hydrogen (secondary N) is 2. The van der Waals surface area contributed by atoms with Crippen LogP contribution in [0, 0.1) is 46.3 Å². The maximum absolute atomic E-state index is 4.29. The first-order valence-corrected chi connectivity index (χ1v) is 16.2. The molecule has 0 spiro atoms. The normalized spacial score (nSPS) is 41.9. The second-order valence-corrected chi connectivity index (χ2v) is 15.4. The fourth-order valence-corrected chi connectivity index (χ4v) is 11.8. The lowest BCUT2D eigenvalue weighted by Crippen LogP contribution is -2.53. The number of hydrogen-bond acceptors (Lipinski definition) is 2. The average Bonchev–Trinajstić information content (AvgIpc) is 2.90. The van der Waals surface area contributed by atoms with Gasteiger partial charge in [-0.3, -0.25) is 0 Å². The van der Waals surface area contributed by atoms with Crippen LogP contribution < -0.4 is 10.6 Å². The molecule has 2 N–H and O–H groups in total. The summed E-state index contributed by atoms with van der Waals surface area (Å²) < 4.78 is 0. The van der Waals surface area contributed by atoms with E-state index in [1.54, 1.807) is 0 Å². The Morgan fingerprint density at radius 1 is 0.474 bits per heavy atom. The first-order chi connectivity index (χ1) is 18.6. The minimum atomic E-state index is 0.306. The van der Waals surface area contributed by atoms with Gasteiger partial charge in [-0.1, -0.05) is 60.7 Å². The molecule has 2 heteroatoms. The molecule has 2 aromatic carbocycles. The largest absolute Gasteiger partial charge is 0.308 e. The Bertz CT molecular complexity index is 947. The van der Waals surface area contributed by atoms with Crippen molar-refractivity contribution < 1.29 is 0 Å². The third kappa shape index (κ3) is 4.48. The highest BCUT2D eigenvalue weighted by Crippen LogP contribution is 2.61. The molecule has 8 aliphatic rings. The summed E-state index contributed by atoms with van der Waals surface area (Å²) in [5.41, 5.74) is 3.99. The van der Waals surface area contributed by atoms with Crippen LogP contribution in [-0.4, -0.2) is 13.1 Å². The molecule has 0 radical (unpaired) electrons. The Kier molecular flexibility index (Phi) is 6.03. The zero-order chi connectivity index (χ0) is 25.2. The minimum absolute atomic E-state index is 0.306. The van der Waals surface area contributed by atoms with Crippen LogP contribution in [0.5, 0.6) is 0 Å². The highest BCUT2D eigenvalue weighted by Gasteiger charge is 2.52. The van der Waals surface area contributed by atoms with E-state index in [1.807, 2.05) is 0 Å². The molecule has 0 heterocycles. The molecular formula is C36H48N2. The second-order valence-electron chi connectivity index (χ2n) is 15.4. The molecule has 202 valence electrons. The summed E-state index contributed by atoms with van der Waals surface area (Å²) in [6, 6.07) is 23.5. The lowest BCUT2D eigenvalue weighted by atomic mass is 9.49. The summed E-state index contributed by atoms with van der Waals surface area (Å²) in [5, 5.41) is 8.58. The Hall–Kier alpha value is -1.64. The van der Waals surface area contributed by atoms with E-state index in [-0.39, 0.29) is 0 Å². The SMILES string of the molecule is c1ccc([C@@H](NCC23CC4CC(CC(C4)C2)C3)[C@H](NCC23CC4CC(CC(C4)C2)C3)c2ccccc2)cc1. The van der Waals surface area contributed by atoms with Crippen LogP contribution in [-0.2, 0) is 0 Å². The van der Waals surface area contributed by atoms with E-state index in [4.69, 9.17) is 0 Å². The van der Waals surface area contributed by atoms with Crippen molar-refractivity contribution in [1.82, 2.24) is 10.6 Å². The highest BCUT2D eigenvalue weighted by molar-refractivity contribution is 5.28. The fourth-order valence-electron chi connectivity index (χ4n) is 11.8. The van der Waals surface area contributed by atoms with Gasteiger partial charge in [-0.05, 0) is 135 Å². The molecule has 8 fully saturated rings. The summed E-state index contributed by atoms with van der Waals surface area (Å²) in [6.45, 7) is 2.39. The molecule has 2 nitrogen and oxygen atoms in total. The standard InChI is InChI=1S/C36H48N2/c1-3-7-31(8-4-1)33(37-23-35-17-25-11-26(18-35)13-27(12-25)19-35)34(32-9-5-2-6-10-32)38-24-36-20-28-14-29(21-36)16-30(15-28)22-36/h1-10,25-30,33-34,37-38H,11-24H2/t25?,26?,27?,28?,29?,30?,33-,34-,35?,36?/m1/s1. The predicted octanol–water partition coefficient (Wildman–Crippen LogP) is 8.08. The Morgan fingerprint density at radius 2 is 0.763 bits per heavy atom. The lowest BCUT2D eigenvalue weighted by Gasteiger charge is -2.58. The minimum Gasteiger partial charge on any atom is -0.308 e. The molecule has 0 amide bonds. The molecular weight excluding hydrogens is 460 g/mol.